The van der Waals surface area contributed by atoms with E-state index in [0.29, 0.717) is 0 Å². The third-order valence-corrected chi connectivity index (χ3v) is 4.30. The fourth-order valence-electron chi connectivity index (χ4n) is 2.82. The number of hydrogen-bond donors (Lipinski definition) is 4. The maximum Gasteiger partial charge on any atom is 0.408 e. The van der Waals surface area contributed by atoms with Gasteiger partial charge in [-0.2, -0.15) is 0 Å². The van der Waals surface area contributed by atoms with Gasteiger partial charge >= 0.3 is 12.1 Å². The molecule has 0 saturated carbocycles. The van der Waals surface area contributed by atoms with Crippen LogP contribution < -0.4 is 10.6 Å². The van der Waals surface area contributed by atoms with Gasteiger partial charge in [-0.3, -0.25) is 0 Å². The number of para-hydroxylation sites is 1. The molecular formula is C20H21N3O4. The molecule has 0 aliphatic rings. The average molecular weight is 367 g/mol. The summed E-state index contributed by atoms with van der Waals surface area (Å²) in [4.78, 5) is 26.7. The SMILES string of the molecule is CNc1ccc(COC(=O)NC(Cc2c[nH]c3ccccc23)C(=O)O)cc1. The van der Waals surface area contributed by atoms with Crippen molar-refractivity contribution in [3.63, 3.8) is 0 Å². The van der Waals surface area contributed by atoms with E-state index in [-0.39, 0.29) is 13.0 Å². The van der Waals surface area contributed by atoms with Crippen molar-refractivity contribution >= 4 is 28.7 Å². The van der Waals surface area contributed by atoms with E-state index in [9.17, 15) is 14.7 Å². The van der Waals surface area contributed by atoms with E-state index in [4.69, 9.17) is 4.74 Å². The summed E-state index contributed by atoms with van der Waals surface area (Å²) in [7, 11) is 1.82. The Hall–Kier alpha value is -3.48. The minimum absolute atomic E-state index is 0.0647. The highest BCUT2D eigenvalue weighted by Gasteiger charge is 2.22. The fourth-order valence-corrected chi connectivity index (χ4v) is 2.82. The molecule has 1 atom stereocenters. The van der Waals surface area contributed by atoms with E-state index in [1.165, 1.54) is 0 Å². The number of carbonyl (C=O) groups excluding carboxylic acids is 1. The van der Waals surface area contributed by atoms with Crippen molar-refractivity contribution in [3.05, 3.63) is 65.9 Å². The summed E-state index contributed by atoms with van der Waals surface area (Å²) in [6.45, 7) is 0.0647. The summed E-state index contributed by atoms with van der Waals surface area (Å²) in [6.07, 6.45) is 1.15. The molecule has 4 N–H and O–H groups in total. The number of aromatic amines is 1. The van der Waals surface area contributed by atoms with Crippen LogP contribution >= 0.6 is 0 Å². The van der Waals surface area contributed by atoms with Gasteiger partial charge in [-0.1, -0.05) is 30.3 Å². The Kier molecular flexibility index (Phi) is 5.61. The fraction of sp³-hybridized carbons (Fsp3) is 0.200. The Morgan fingerprint density at radius 2 is 1.89 bits per heavy atom. The number of alkyl carbamates (subject to hydrolysis) is 1. The molecule has 0 saturated heterocycles. The van der Waals surface area contributed by atoms with Crippen molar-refractivity contribution in [2.75, 3.05) is 12.4 Å². The minimum atomic E-state index is -1.12. The number of ether oxygens (including phenoxy) is 1. The van der Waals surface area contributed by atoms with Crippen LogP contribution in [-0.4, -0.2) is 35.2 Å². The molecule has 0 radical (unpaired) electrons. The van der Waals surface area contributed by atoms with Crippen LogP contribution in [0.4, 0.5) is 10.5 Å². The number of carboxylic acids is 1. The Balaban J connectivity index is 1.60. The summed E-state index contributed by atoms with van der Waals surface area (Å²) >= 11 is 0. The average Bonchev–Trinajstić information content (AvgIpc) is 3.09. The highest BCUT2D eigenvalue weighted by Crippen LogP contribution is 2.19. The lowest BCUT2D eigenvalue weighted by Gasteiger charge is -2.14. The zero-order chi connectivity index (χ0) is 19.2. The van der Waals surface area contributed by atoms with Crippen LogP contribution in [0.25, 0.3) is 10.9 Å². The molecule has 0 bridgehead atoms. The Morgan fingerprint density at radius 1 is 1.15 bits per heavy atom. The van der Waals surface area contributed by atoms with E-state index in [0.717, 1.165) is 27.7 Å². The smallest absolute Gasteiger partial charge is 0.408 e. The highest BCUT2D eigenvalue weighted by molar-refractivity contribution is 5.85. The number of nitrogens with one attached hydrogen (secondary N) is 3. The minimum Gasteiger partial charge on any atom is -0.480 e. The van der Waals surface area contributed by atoms with Crippen molar-refractivity contribution < 1.29 is 19.4 Å². The number of hydrogen-bond acceptors (Lipinski definition) is 4. The van der Waals surface area contributed by atoms with Crippen LogP contribution in [0.5, 0.6) is 0 Å². The number of benzene rings is 2. The second kappa shape index (κ2) is 8.27. The summed E-state index contributed by atoms with van der Waals surface area (Å²) in [5, 5.41) is 15.8. The molecule has 0 fully saturated rings. The Morgan fingerprint density at radius 3 is 2.59 bits per heavy atom. The summed E-state index contributed by atoms with van der Waals surface area (Å²) < 4.78 is 5.15. The number of aromatic nitrogens is 1. The maximum absolute atomic E-state index is 12.0. The standard InChI is InChI=1S/C20H21N3O4/c1-21-15-8-6-13(7-9-15)12-27-20(26)23-18(19(24)25)10-14-11-22-17-5-3-2-4-16(14)17/h2-9,11,18,21-22H,10,12H2,1H3,(H,23,26)(H,24,25). The zero-order valence-electron chi connectivity index (χ0n) is 14.9. The number of carboxylic acid groups (broad SMARTS) is 1. The van der Waals surface area contributed by atoms with Crippen LogP contribution in [-0.2, 0) is 22.6 Å². The molecule has 27 heavy (non-hydrogen) atoms. The normalized spacial score (nSPS) is 11.7. The second-order valence-corrected chi connectivity index (χ2v) is 6.12. The van der Waals surface area contributed by atoms with E-state index in [1.54, 1.807) is 6.20 Å². The quantitative estimate of drug-likeness (QED) is 0.514. The molecule has 7 heteroatoms. The molecule has 0 aliphatic heterocycles. The van der Waals surface area contributed by atoms with Crippen LogP contribution in [0.1, 0.15) is 11.1 Å². The van der Waals surface area contributed by atoms with E-state index in [1.807, 2.05) is 55.6 Å². The van der Waals surface area contributed by atoms with Crippen LogP contribution in [0.3, 0.4) is 0 Å². The first-order chi connectivity index (χ1) is 13.1. The van der Waals surface area contributed by atoms with Gasteiger partial charge in [-0.05, 0) is 29.3 Å². The number of aliphatic carboxylic acids is 1. The first-order valence-corrected chi connectivity index (χ1v) is 8.54. The van der Waals surface area contributed by atoms with Crippen molar-refractivity contribution in [1.82, 2.24) is 10.3 Å². The van der Waals surface area contributed by atoms with Gasteiger partial charge in [0, 0.05) is 36.3 Å². The lowest BCUT2D eigenvalue weighted by atomic mass is 10.1. The molecule has 2 aromatic carbocycles. The van der Waals surface area contributed by atoms with Crippen LogP contribution in [0.15, 0.2) is 54.7 Å². The molecular weight excluding hydrogens is 346 g/mol. The molecule has 1 unspecified atom stereocenters. The maximum atomic E-state index is 12.0. The van der Waals surface area contributed by atoms with Crippen molar-refractivity contribution in [2.24, 2.45) is 0 Å². The van der Waals surface area contributed by atoms with Gasteiger partial charge in [0.15, 0.2) is 0 Å². The molecule has 1 aromatic heterocycles. The summed E-state index contributed by atoms with van der Waals surface area (Å²) in [5.41, 5.74) is 3.51. The molecule has 140 valence electrons. The molecule has 0 aliphatic carbocycles. The molecule has 1 heterocycles. The number of fused-ring (bicyclic) bond motifs is 1. The van der Waals surface area contributed by atoms with Crippen LogP contribution in [0, 0.1) is 0 Å². The first-order valence-electron chi connectivity index (χ1n) is 8.54. The first kappa shape index (κ1) is 18.3. The Bertz CT molecular complexity index is 934. The number of rotatable bonds is 7. The summed E-state index contributed by atoms with van der Waals surface area (Å²) in [5.74, 6) is -1.12. The van der Waals surface area contributed by atoms with Gasteiger partial charge in [0.25, 0.3) is 0 Å². The zero-order valence-corrected chi connectivity index (χ0v) is 14.9. The van der Waals surface area contributed by atoms with E-state index >= 15 is 0 Å². The molecule has 0 spiro atoms. The lowest BCUT2D eigenvalue weighted by molar-refractivity contribution is -0.139. The van der Waals surface area contributed by atoms with E-state index in [2.05, 4.69) is 15.6 Å². The monoisotopic (exact) mass is 367 g/mol. The molecule has 7 nitrogen and oxygen atoms in total. The number of H-pyrrole nitrogens is 1. The van der Waals surface area contributed by atoms with Gasteiger partial charge in [0.1, 0.15) is 12.6 Å². The second-order valence-electron chi connectivity index (χ2n) is 6.12. The Labute approximate surface area is 156 Å². The van der Waals surface area contributed by atoms with Crippen LogP contribution in [0.2, 0.25) is 0 Å². The number of anilines is 1. The largest absolute Gasteiger partial charge is 0.480 e. The topological polar surface area (TPSA) is 103 Å². The van der Waals surface area contributed by atoms with E-state index < -0.39 is 18.1 Å². The molecule has 3 aromatic rings. The third-order valence-electron chi connectivity index (χ3n) is 4.30. The third kappa shape index (κ3) is 4.58. The molecule has 3 rings (SSSR count). The van der Waals surface area contributed by atoms with Crippen molar-refractivity contribution in [2.45, 2.75) is 19.1 Å². The van der Waals surface area contributed by atoms with Gasteiger partial charge in [0.05, 0.1) is 0 Å². The predicted octanol–water partition coefficient (Wildman–Crippen LogP) is 3.13. The molecule has 1 amide bonds. The predicted molar refractivity (Wildman–Crippen MR) is 103 cm³/mol. The van der Waals surface area contributed by atoms with Gasteiger partial charge in [-0.15, -0.1) is 0 Å². The highest BCUT2D eigenvalue weighted by atomic mass is 16.5. The van der Waals surface area contributed by atoms with Gasteiger partial charge in [-0.25, -0.2) is 9.59 Å². The summed E-state index contributed by atoms with van der Waals surface area (Å²) in [6, 6.07) is 13.9. The number of amides is 1. The van der Waals surface area contributed by atoms with Gasteiger partial charge < -0.3 is 25.5 Å². The van der Waals surface area contributed by atoms with Crippen molar-refractivity contribution in [1.29, 1.82) is 0 Å². The number of carbonyl (C=O) groups is 2. The lowest BCUT2D eigenvalue weighted by Crippen LogP contribution is -2.42. The van der Waals surface area contributed by atoms with Gasteiger partial charge in [0.2, 0.25) is 0 Å². The van der Waals surface area contributed by atoms with Crippen molar-refractivity contribution in [3.8, 4) is 0 Å².